The zero-order valence-electron chi connectivity index (χ0n) is 24.6. The third kappa shape index (κ3) is 5.78. The molecule has 1 aromatic carbocycles. The summed E-state index contributed by atoms with van der Waals surface area (Å²) in [6.45, 7) is 5.98. The number of piperidine rings is 1. The van der Waals surface area contributed by atoms with E-state index in [2.05, 4.69) is 15.1 Å². The number of fused-ring (bicyclic) bond motifs is 2. The van der Waals surface area contributed by atoms with Gasteiger partial charge in [0.2, 0.25) is 5.91 Å². The van der Waals surface area contributed by atoms with Crippen molar-refractivity contribution in [1.82, 2.24) is 25.1 Å². The maximum Gasteiger partial charge on any atom is 0.249 e. The number of aromatic amines is 1. The molecule has 1 fully saturated rings. The van der Waals surface area contributed by atoms with Crippen molar-refractivity contribution in [3.05, 3.63) is 76.6 Å². The number of halogens is 2. The summed E-state index contributed by atoms with van der Waals surface area (Å²) < 4.78 is 31.5. The normalized spacial score (nSPS) is 20.4. The first kappa shape index (κ1) is 29.3. The fraction of sp³-hybridized carbons (Fsp3) is 0.455. The number of amides is 1. The topological polar surface area (TPSA) is 121 Å². The van der Waals surface area contributed by atoms with Crippen LogP contribution in [0.1, 0.15) is 78.2 Å². The summed E-state index contributed by atoms with van der Waals surface area (Å²) in [5.74, 6) is -1.90. The van der Waals surface area contributed by atoms with Gasteiger partial charge >= 0.3 is 0 Å². The Bertz CT molecular complexity index is 1620. The number of carbonyl (C=O) groups excluding carboxylic acids is 1. The van der Waals surface area contributed by atoms with Crippen molar-refractivity contribution in [1.29, 1.82) is 0 Å². The van der Waals surface area contributed by atoms with Gasteiger partial charge in [0.25, 0.3) is 0 Å². The summed E-state index contributed by atoms with van der Waals surface area (Å²) in [5, 5.41) is 17.3. The Labute approximate surface area is 249 Å². The van der Waals surface area contributed by atoms with E-state index in [1.807, 2.05) is 32.0 Å². The van der Waals surface area contributed by atoms with Gasteiger partial charge in [-0.15, -0.1) is 0 Å². The second kappa shape index (κ2) is 11.7. The molecule has 4 heterocycles. The Kier molecular flexibility index (Phi) is 8.00. The van der Waals surface area contributed by atoms with Crippen LogP contribution < -0.4 is 5.73 Å². The molecule has 3 aromatic heterocycles. The molecule has 4 N–H and O–H groups in total. The van der Waals surface area contributed by atoms with Crippen molar-refractivity contribution in [2.75, 3.05) is 19.6 Å². The van der Waals surface area contributed by atoms with Crippen molar-refractivity contribution in [3.8, 4) is 11.3 Å². The number of hydrogen-bond acceptors (Lipinski definition) is 6. The molecular weight excluding hydrogens is 550 g/mol. The van der Waals surface area contributed by atoms with Crippen LogP contribution >= 0.6 is 0 Å². The number of aryl methyl sites for hydroxylation is 1. The number of aliphatic hydroxyl groups is 1. The van der Waals surface area contributed by atoms with E-state index in [0.717, 1.165) is 35.5 Å². The molecule has 1 amide bonds. The highest BCUT2D eigenvalue weighted by molar-refractivity contribution is 6.01. The molecule has 1 aliphatic heterocycles. The number of carbonyl (C=O) groups is 1. The fourth-order valence-electron chi connectivity index (χ4n) is 6.68. The summed E-state index contributed by atoms with van der Waals surface area (Å²) in [6, 6.07) is 6.92. The van der Waals surface area contributed by atoms with E-state index < -0.39 is 17.4 Å². The minimum absolute atomic E-state index is 0.0934. The summed E-state index contributed by atoms with van der Waals surface area (Å²) in [7, 11) is 0. The second-order valence-corrected chi connectivity index (χ2v) is 12.4. The molecule has 0 spiro atoms. The molecule has 6 rings (SSSR count). The SMILES string of the molecule is CC(C)C1(F)CCc2nc3c(F)cc(C(N)=O)c([C@@H](CCN4CCC(O)CC4)c4ccc(-c5cn[nH]c5)nc4)c3cc2C1. The number of H-pyrrole nitrogens is 1. The van der Waals surface area contributed by atoms with Crippen molar-refractivity contribution >= 4 is 16.8 Å². The van der Waals surface area contributed by atoms with Crippen molar-refractivity contribution in [3.63, 3.8) is 0 Å². The maximum atomic E-state index is 15.9. The number of nitrogens with two attached hydrogens (primary N) is 1. The maximum absolute atomic E-state index is 15.9. The Morgan fingerprint density at radius 1 is 1.23 bits per heavy atom. The minimum atomic E-state index is -1.38. The van der Waals surface area contributed by atoms with E-state index in [1.54, 1.807) is 18.6 Å². The largest absolute Gasteiger partial charge is 0.393 e. The lowest BCUT2D eigenvalue weighted by molar-refractivity contribution is 0.0815. The summed E-state index contributed by atoms with van der Waals surface area (Å²) in [6.07, 6.45) is 7.90. The molecule has 2 aliphatic rings. The van der Waals surface area contributed by atoms with Gasteiger partial charge in [0, 0.05) is 60.0 Å². The molecular formula is C33H38F2N6O2. The Morgan fingerprint density at radius 3 is 2.67 bits per heavy atom. The quantitative estimate of drug-likeness (QED) is 0.264. The van der Waals surface area contributed by atoms with Crippen molar-refractivity contribution < 1.29 is 18.7 Å². The highest BCUT2D eigenvalue weighted by atomic mass is 19.1. The van der Waals surface area contributed by atoms with Crippen LogP contribution in [-0.4, -0.2) is 67.5 Å². The van der Waals surface area contributed by atoms with Crippen LogP contribution in [0.15, 0.2) is 42.9 Å². The number of aromatic nitrogens is 4. The number of likely N-dealkylation sites (tertiary alicyclic amines) is 1. The van der Waals surface area contributed by atoms with E-state index in [4.69, 9.17) is 15.7 Å². The molecule has 8 nitrogen and oxygen atoms in total. The van der Waals surface area contributed by atoms with Crippen LogP contribution in [0.5, 0.6) is 0 Å². The first-order valence-electron chi connectivity index (χ1n) is 15.1. The molecule has 1 saturated heterocycles. The second-order valence-electron chi connectivity index (χ2n) is 12.4. The molecule has 2 atom stereocenters. The fourth-order valence-corrected chi connectivity index (χ4v) is 6.68. The van der Waals surface area contributed by atoms with Crippen LogP contribution in [0.2, 0.25) is 0 Å². The van der Waals surface area contributed by atoms with E-state index in [9.17, 15) is 9.90 Å². The van der Waals surface area contributed by atoms with Gasteiger partial charge in [-0.05, 0) is 79.5 Å². The summed E-state index contributed by atoms with van der Waals surface area (Å²) >= 11 is 0. The molecule has 1 aliphatic carbocycles. The van der Waals surface area contributed by atoms with Crippen LogP contribution in [0.4, 0.5) is 8.78 Å². The monoisotopic (exact) mass is 588 g/mol. The van der Waals surface area contributed by atoms with E-state index in [0.29, 0.717) is 55.3 Å². The number of alkyl halides is 1. The highest BCUT2D eigenvalue weighted by Crippen LogP contribution is 2.42. The van der Waals surface area contributed by atoms with Gasteiger partial charge in [0.15, 0.2) is 0 Å². The number of nitrogens with one attached hydrogen (secondary N) is 1. The lowest BCUT2D eigenvalue weighted by Crippen LogP contribution is -2.37. The van der Waals surface area contributed by atoms with Gasteiger partial charge in [-0.2, -0.15) is 5.10 Å². The van der Waals surface area contributed by atoms with Gasteiger partial charge in [0.05, 0.1) is 18.0 Å². The van der Waals surface area contributed by atoms with Crippen molar-refractivity contribution in [2.45, 2.75) is 70.1 Å². The van der Waals surface area contributed by atoms with Gasteiger partial charge < -0.3 is 15.7 Å². The number of primary amides is 1. The Balaban J connectivity index is 1.49. The average molecular weight is 589 g/mol. The number of hydrogen-bond donors (Lipinski definition) is 3. The summed E-state index contributed by atoms with van der Waals surface area (Å²) in [4.78, 5) is 24.6. The number of nitrogens with zero attached hydrogens (tertiary/aromatic N) is 4. The van der Waals surface area contributed by atoms with Gasteiger partial charge in [0.1, 0.15) is 17.0 Å². The molecule has 0 bridgehead atoms. The molecule has 43 heavy (non-hydrogen) atoms. The van der Waals surface area contributed by atoms with E-state index in [1.165, 1.54) is 6.07 Å². The molecule has 10 heteroatoms. The zero-order valence-corrected chi connectivity index (χ0v) is 24.6. The predicted octanol–water partition coefficient (Wildman–Crippen LogP) is 5.09. The van der Waals surface area contributed by atoms with Crippen LogP contribution in [-0.2, 0) is 12.8 Å². The van der Waals surface area contributed by atoms with Crippen LogP contribution in [0.3, 0.4) is 0 Å². The Morgan fingerprint density at radius 2 is 2.02 bits per heavy atom. The first-order valence-corrected chi connectivity index (χ1v) is 15.1. The third-order valence-electron chi connectivity index (χ3n) is 9.45. The molecule has 226 valence electrons. The van der Waals surface area contributed by atoms with E-state index >= 15 is 8.78 Å². The van der Waals surface area contributed by atoms with Gasteiger partial charge in [-0.25, -0.2) is 13.8 Å². The van der Waals surface area contributed by atoms with Gasteiger partial charge in [-0.1, -0.05) is 19.9 Å². The van der Waals surface area contributed by atoms with Crippen LogP contribution in [0.25, 0.3) is 22.2 Å². The van der Waals surface area contributed by atoms with Crippen molar-refractivity contribution in [2.24, 2.45) is 11.7 Å². The minimum Gasteiger partial charge on any atom is -0.393 e. The smallest absolute Gasteiger partial charge is 0.249 e. The van der Waals surface area contributed by atoms with Crippen LogP contribution in [0, 0.1) is 11.7 Å². The van der Waals surface area contributed by atoms with Gasteiger partial charge in [-0.3, -0.25) is 14.9 Å². The number of aliphatic hydroxyl groups excluding tert-OH is 1. The molecule has 1 unspecified atom stereocenters. The first-order chi connectivity index (χ1) is 20.6. The molecule has 0 saturated carbocycles. The zero-order chi connectivity index (χ0) is 30.3. The number of benzene rings is 1. The lowest BCUT2D eigenvalue weighted by Gasteiger charge is -2.34. The Hall–Kier alpha value is -3.76. The average Bonchev–Trinajstić information content (AvgIpc) is 3.53. The standard InChI is InChI=1S/C33H38F2N6O2/c1-19(2)33(35)9-5-29-21(15-33)13-25-30(26(32(36)43)14-27(34)31(25)40-29)24(8-12-41-10-6-23(42)7-11-41)20-3-4-28(37-16-20)22-17-38-39-18-22/h3-4,13-14,16-19,23-24,42H,5-12,15H2,1-2H3,(H2,36,43)(H,38,39)/t24-,33?/m0/s1. The number of pyridine rings is 2. The predicted molar refractivity (Wildman–Crippen MR) is 161 cm³/mol. The third-order valence-corrected chi connectivity index (χ3v) is 9.45. The molecule has 0 radical (unpaired) electrons. The lowest BCUT2D eigenvalue weighted by atomic mass is 9.76. The van der Waals surface area contributed by atoms with E-state index in [-0.39, 0.29) is 35.4 Å². The highest BCUT2D eigenvalue weighted by Gasteiger charge is 2.38. The number of rotatable bonds is 8. The molecule has 4 aromatic rings. The summed E-state index contributed by atoms with van der Waals surface area (Å²) in [5.41, 5.74) is 9.25.